The van der Waals surface area contributed by atoms with Crippen molar-refractivity contribution in [2.45, 2.75) is 13.0 Å². The lowest BCUT2D eigenvalue weighted by atomic mass is 10.0. The van der Waals surface area contributed by atoms with Crippen molar-refractivity contribution >= 4 is 34.3 Å². The van der Waals surface area contributed by atoms with Crippen molar-refractivity contribution in [3.05, 3.63) is 114 Å². The van der Waals surface area contributed by atoms with Crippen LogP contribution >= 0.6 is 0 Å². The van der Waals surface area contributed by atoms with E-state index >= 15 is 0 Å². The molecule has 1 heterocycles. The van der Waals surface area contributed by atoms with Crippen LogP contribution in [0.3, 0.4) is 0 Å². The monoisotopic (exact) mass is 473 g/mol. The molecule has 0 atom stereocenters. The maximum Gasteiger partial charge on any atom is 0.228 e. The van der Waals surface area contributed by atoms with E-state index in [2.05, 4.69) is 50.2 Å². The highest BCUT2D eigenvalue weighted by molar-refractivity contribution is 5.92. The minimum Gasteiger partial charge on any atom is -0.372 e. The zero-order valence-electron chi connectivity index (χ0n) is 20.0. The summed E-state index contributed by atoms with van der Waals surface area (Å²) >= 11 is 0. The van der Waals surface area contributed by atoms with E-state index in [0.29, 0.717) is 18.9 Å². The van der Waals surface area contributed by atoms with E-state index in [1.54, 1.807) is 0 Å². The number of hydrogen-bond donors (Lipinski definition) is 3. The molecule has 6 nitrogen and oxygen atoms in total. The van der Waals surface area contributed by atoms with Gasteiger partial charge in [-0.05, 0) is 46.5 Å². The van der Waals surface area contributed by atoms with E-state index in [-0.39, 0.29) is 5.91 Å². The first-order valence-corrected chi connectivity index (χ1v) is 11.9. The van der Waals surface area contributed by atoms with Gasteiger partial charge < -0.3 is 16.0 Å². The van der Waals surface area contributed by atoms with Crippen molar-refractivity contribution in [3.63, 3.8) is 0 Å². The molecule has 4 aromatic carbocycles. The summed E-state index contributed by atoms with van der Waals surface area (Å²) in [5, 5.41) is 10.4. The molecule has 0 spiro atoms. The predicted molar refractivity (Wildman–Crippen MR) is 147 cm³/mol. The maximum atomic E-state index is 12.6. The first-order valence-electron chi connectivity index (χ1n) is 11.9. The molecular formula is C30H27N5O. The van der Waals surface area contributed by atoms with Gasteiger partial charge in [0.25, 0.3) is 0 Å². The Morgan fingerprint density at radius 3 is 2.14 bits per heavy atom. The average molecular weight is 474 g/mol. The number of hydrogen-bond acceptors (Lipinski definition) is 5. The number of aromatic nitrogens is 2. The molecule has 0 radical (unpaired) electrons. The third-order valence-electron chi connectivity index (χ3n) is 5.95. The van der Waals surface area contributed by atoms with E-state index in [1.807, 2.05) is 85.9 Å². The van der Waals surface area contributed by atoms with Gasteiger partial charge in [-0.25, -0.2) is 4.98 Å². The molecule has 0 saturated carbocycles. The molecule has 0 unspecified atom stereocenters. The van der Waals surface area contributed by atoms with Gasteiger partial charge in [0.15, 0.2) is 0 Å². The maximum absolute atomic E-state index is 12.6. The van der Waals surface area contributed by atoms with Crippen molar-refractivity contribution in [1.29, 1.82) is 0 Å². The van der Waals surface area contributed by atoms with E-state index in [1.165, 1.54) is 0 Å². The van der Waals surface area contributed by atoms with Gasteiger partial charge in [0.2, 0.25) is 11.9 Å². The van der Waals surface area contributed by atoms with Crippen molar-refractivity contribution in [2.24, 2.45) is 0 Å². The number of anilines is 3. The number of carbonyl (C=O) groups excluding carboxylic acids is 1. The Morgan fingerprint density at radius 2 is 1.39 bits per heavy atom. The van der Waals surface area contributed by atoms with Gasteiger partial charge >= 0.3 is 0 Å². The number of amides is 1. The predicted octanol–water partition coefficient (Wildman–Crippen LogP) is 6.13. The lowest BCUT2D eigenvalue weighted by Crippen LogP contribution is -2.14. The molecule has 1 amide bonds. The van der Waals surface area contributed by atoms with Crippen LogP contribution in [0.1, 0.15) is 11.1 Å². The van der Waals surface area contributed by atoms with Crippen LogP contribution in [0.4, 0.5) is 17.5 Å². The minimum absolute atomic E-state index is 0.0440. The van der Waals surface area contributed by atoms with E-state index in [9.17, 15) is 4.79 Å². The molecule has 1 aromatic heterocycles. The van der Waals surface area contributed by atoms with Crippen LogP contribution in [0.5, 0.6) is 0 Å². The Morgan fingerprint density at radius 1 is 0.722 bits per heavy atom. The van der Waals surface area contributed by atoms with Crippen LogP contribution in [0.15, 0.2) is 103 Å². The van der Waals surface area contributed by atoms with Crippen LogP contribution in [0.25, 0.3) is 22.0 Å². The Hall–Kier alpha value is -4.71. The second kappa shape index (κ2) is 10.7. The van der Waals surface area contributed by atoms with E-state index < -0.39 is 0 Å². The van der Waals surface area contributed by atoms with Crippen LogP contribution in [-0.4, -0.2) is 22.9 Å². The quantitative estimate of drug-likeness (QED) is 0.253. The third-order valence-corrected chi connectivity index (χ3v) is 5.95. The topological polar surface area (TPSA) is 78.9 Å². The molecule has 0 aliphatic heterocycles. The fourth-order valence-corrected chi connectivity index (χ4v) is 4.07. The molecule has 0 saturated heterocycles. The fraction of sp³-hybridized carbons (Fsp3) is 0.100. The smallest absolute Gasteiger partial charge is 0.228 e. The number of nitrogens with zero attached hydrogens (tertiary/aromatic N) is 2. The zero-order chi connectivity index (χ0) is 24.7. The first-order chi connectivity index (χ1) is 17.7. The van der Waals surface area contributed by atoms with Crippen LogP contribution < -0.4 is 16.0 Å². The zero-order valence-corrected chi connectivity index (χ0v) is 20.0. The van der Waals surface area contributed by atoms with Gasteiger partial charge in [-0.15, -0.1) is 0 Å². The second-order valence-electron chi connectivity index (χ2n) is 8.50. The second-order valence-corrected chi connectivity index (χ2v) is 8.50. The highest BCUT2D eigenvalue weighted by atomic mass is 16.1. The van der Waals surface area contributed by atoms with Gasteiger partial charge in [0.1, 0.15) is 5.82 Å². The summed E-state index contributed by atoms with van der Waals surface area (Å²) in [6.45, 7) is 0.573. The Kier molecular flexibility index (Phi) is 6.85. The first kappa shape index (κ1) is 23.1. The summed E-state index contributed by atoms with van der Waals surface area (Å²) in [6, 6.07) is 34.0. The largest absolute Gasteiger partial charge is 0.372 e. The summed E-state index contributed by atoms with van der Waals surface area (Å²) in [6.07, 6.45) is 0.325. The Bertz CT molecular complexity index is 1470. The molecule has 36 heavy (non-hydrogen) atoms. The van der Waals surface area contributed by atoms with E-state index in [0.717, 1.165) is 44.7 Å². The SMILES string of the molecule is CNc1nc(NCc2ccc(NC(=O)Cc3ccc(-c4ccccc4)cc3)cc2)nc2ccccc12. The number of carbonyl (C=O) groups is 1. The minimum atomic E-state index is -0.0440. The molecule has 0 bridgehead atoms. The highest BCUT2D eigenvalue weighted by Gasteiger charge is 2.07. The van der Waals surface area contributed by atoms with Crippen molar-refractivity contribution in [3.8, 4) is 11.1 Å². The number of rotatable bonds is 8. The summed E-state index contributed by atoms with van der Waals surface area (Å²) in [5.74, 6) is 1.31. The van der Waals surface area contributed by atoms with Gasteiger partial charge in [0, 0.05) is 24.7 Å². The molecule has 6 heteroatoms. The van der Waals surface area contributed by atoms with Crippen molar-refractivity contribution in [2.75, 3.05) is 23.0 Å². The average Bonchev–Trinajstić information content (AvgIpc) is 2.93. The summed E-state index contributed by atoms with van der Waals surface area (Å²) in [5.41, 5.74) is 5.99. The standard InChI is InChI=1S/C30H27N5O/c1-31-29-26-9-5-6-10-27(26)34-30(35-29)32-20-22-13-17-25(18-14-22)33-28(36)19-21-11-15-24(16-12-21)23-7-3-2-4-8-23/h2-18H,19-20H2,1H3,(H,33,36)(H2,31,32,34,35). The molecule has 5 rings (SSSR count). The molecule has 3 N–H and O–H groups in total. The van der Waals surface area contributed by atoms with Gasteiger partial charge in [-0.1, -0.05) is 78.9 Å². The van der Waals surface area contributed by atoms with Crippen molar-refractivity contribution in [1.82, 2.24) is 9.97 Å². The lowest BCUT2D eigenvalue weighted by Gasteiger charge is -2.10. The molecule has 5 aromatic rings. The van der Waals surface area contributed by atoms with Crippen molar-refractivity contribution < 1.29 is 4.79 Å². The molecular weight excluding hydrogens is 446 g/mol. The Balaban J connectivity index is 1.16. The van der Waals surface area contributed by atoms with Gasteiger partial charge in [-0.2, -0.15) is 4.98 Å². The molecule has 0 aliphatic carbocycles. The third kappa shape index (κ3) is 5.50. The van der Waals surface area contributed by atoms with E-state index in [4.69, 9.17) is 0 Å². The van der Waals surface area contributed by atoms with Crippen LogP contribution in [-0.2, 0) is 17.8 Å². The van der Waals surface area contributed by atoms with Gasteiger partial charge in [-0.3, -0.25) is 4.79 Å². The molecule has 0 fully saturated rings. The summed E-state index contributed by atoms with van der Waals surface area (Å²) in [7, 11) is 1.85. The molecule has 0 aliphatic rings. The fourth-order valence-electron chi connectivity index (χ4n) is 4.07. The number of para-hydroxylation sites is 1. The normalized spacial score (nSPS) is 10.7. The Labute approximate surface area is 210 Å². The molecule has 178 valence electrons. The number of nitrogens with one attached hydrogen (secondary N) is 3. The summed E-state index contributed by atoms with van der Waals surface area (Å²) in [4.78, 5) is 21.7. The number of fused-ring (bicyclic) bond motifs is 1. The van der Waals surface area contributed by atoms with Gasteiger partial charge in [0.05, 0.1) is 11.9 Å². The van der Waals surface area contributed by atoms with Crippen LogP contribution in [0.2, 0.25) is 0 Å². The number of benzene rings is 4. The highest BCUT2D eigenvalue weighted by Crippen LogP contribution is 2.22. The van der Waals surface area contributed by atoms with Crippen LogP contribution in [0, 0.1) is 0 Å². The lowest BCUT2D eigenvalue weighted by molar-refractivity contribution is -0.115. The summed E-state index contributed by atoms with van der Waals surface area (Å²) < 4.78 is 0.